The van der Waals surface area contributed by atoms with Crippen molar-refractivity contribution in [3.63, 3.8) is 0 Å². The lowest BCUT2D eigenvalue weighted by atomic mass is 9.86. The van der Waals surface area contributed by atoms with Gasteiger partial charge in [0, 0.05) is 32.0 Å². The quantitative estimate of drug-likeness (QED) is 0.518. The molecule has 1 saturated heterocycles. The van der Waals surface area contributed by atoms with Crippen LogP contribution < -0.4 is 0 Å². The molecule has 154 valence electrons. The van der Waals surface area contributed by atoms with Gasteiger partial charge in [-0.25, -0.2) is 14.6 Å². The molecule has 0 amide bonds. The molecule has 0 radical (unpaired) electrons. The molecule has 0 N–H and O–H groups in total. The highest BCUT2D eigenvalue weighted by Crippen LogP contribution is 2.37. The highest BCUT2D eigenvalue weighted by atomic mass is 16.5. The summed E-state index contributed by atoms with van der Waals surface area (Å²) in [7, 11) is 1.91. The van der Waals surface area contributed by atoms with Crippen molar-refractivity contribution in [1.82, 2.24) is 29.5 Å². The Morgan fingerprint density at radius 1 is 1.10 bits per heavy atom. The topological polar surface area (TPSA) is 70.7 Å². The lowest BCUT2D eigenvalue weighted by Gasteiger charge is -2.33. The molecule has 1 fully saturated rings. The summed E-state index contributed by atoms with van der Waals surface area (Å²) in [4.78, 5) is 9.50. The van der Waals surface area contributed by atoms with E-state index < -0.39 is 0 Å². The number of aromatic nitrogens is 6. The summed E-state index contributed by atoms with van der Waals surface area (Å²) in [5, 5.41) is 8.36. The molecule has 5 rings (SSSR count). The first-order valence-electron chi connectivity index (χ1n) is 10.5. The number of aryl methyl sites for hydroxylation is 3. The number of benzene rings is 1. The fraction of sp³-hybridized carbons (Fsp3) is 0.391. The van der Waals surface area contributed by atoms with Crippen LogP contribution in [0.2, 0.25) is 0 Å². The van der Waals surface area contributed by atoms with Gasteiger partial charge in [0.1, 0.15) is 5.82 Å². The van der Waals surface area contributed by atoms with Gasteiger partial charge in [0.05, 0.1) is 22.9 Å². The third-order valence-electron chi connectivity index (χ3n) is 6.12. The largest absolute Gasteiger partial charge is 0.381 e. The van der Waals surface area contributed by atoms with Crippen molar-refractivity contribution in [3.05, 3.63) is 59.7 Å². The molecular formula is C23H26N6O. The second kappa shape index (κ2) is 7.65. The Morgan fingerprint density at radius 3 is 2.57 bits per heavy atom. The van der Waals surface area contributed by atoms with E-state index in [0.717, 1.165) is 60.0 Å². The first-order chi connectivity index (χ1) is 14.6. The fourth-order valence-electron chi connectivity index (χ4n) is 4.74. The van der Waals surface area contributed by atoms with Crippen LogP contribution in [0.15, 0.2) is 42.6 Å². The highest BCUT2D eigenvalue weighted by molar-refractivity contribution is 5.78. The molecule has 4 aromatic rings. The summed E-state index contributed by atoms with van der Waals surface area (Å²) in [6.45, 7) is 5.67. The van der Waals surface area contributed by atoms with E-state index in [-0.39, 0.29) is 6.04 Å². The third kappa shape index (κ3) is 3.19. The SMILES string of the molecule is Cc1nnn(C)c1-c1cnc2nc(C)n([C@H](c3ccccc3)C3CCOCC3)c2c1. The zero-order valence-electron chi connectivity index (χ0n) is 17.6. The molecule has 0 bridgehead atoms. The van der Waals surface area contributed by atoms with Gasteiger partial charge in [-0.05, 0) is 44.2 Å². The first-order valence-corrected chi connectivity index (χ1v) is 10.5. The molecule has 0 aliphatic carbocycles. The minimum absolute atomic E-state index is 0.197. The number of hydrogen-bond acceptors (Lipinski definition) is 5. The van der Waals surface area contributed by atoms with Gasteiger partial charge in [-0.2, -0.15) is 0 Å². The molecule has 1 aliphatic heterocycles. The van der Waals surface area contributed by atoms with Gasteiger partial charge < -0.3 is 9.30 Å². The zero-order chi connectivity index (χ0) is 20.7. The summed E-state index contributed by atoms with van der Waals surface area (Å²) in [6, 6.07) is 13.1. The molecule has 4 heterocycles. The molecule has 1 aliphatic rings. The molecule has 0 saturated carbocycles. The Labute approximate surface area is 175 Å². The molecule has 1 atom stereocenters. The highest BCUT2D eigenvalue weighted by Gasteiger charge is 2.30. The van der Waals surface area contributed by atoms with Crippen molar-refractivity contribution in [2.45, 2.75) is 32.7 Å². The van der Waals surface area contributed by atoms with Crippen molar-refractivity contribution < 1.29 is 4.74 Å². The molecule has 7 heteroatoms. The number of pyridine rings is 1. The molecule has 3 aromatic heterocycles. The van der Waals surface area contributed by atoms with Gasteiger partial charge in [0.2, 0.25) is 0 Å². The summed E-state index contributed by atoms with van der Waals surface area (Å²) >= 11 is 0. The second-order valence-electron chi connectivity index (χ2n) is 8.05. The van der Waals surface area contributed by atoms with E-state index in [4.69, 9.17) is 14.7 Å². The molecule has 1 aromatic carbocycles. The predicted octanol–water partition coefficient (Wildman–Crippen LogP) is 3.86. The van der Waals surface area contributed by atoms with Gasteiger partial charge in [-0.15, -0.1) is 5.10 Å². The van der Waals surface area contributed by atoms with Gasteiger partial charge in [-0.1, -0.05) is 35.5 Å². The smallest absolute Gasteiger partial charge is 0.177 e. The standard InChI is InChI=1S/C23H26N6O/c1-15-21(28(3)27-26-15)19-13-20-23(24-14-19)25-16(2)29(20)22(17-7-5-4-6-8-17)18-9-11-30-12-10-18/h4-8,13-14,18,22H,9-12H2,1-3H3/t22-/m1/s1. The van der Waals surface area contributed by atoms with Crippen molar-refractivity contribution in [2.24, 2.45) is 13.0 Å². The maximum atomic E-state index is 5.66. The number of ether oxygens (including phenoxy) is 1. The van der Waals surface area contributed by atoms with E-state index in [0.29, 0.717) is 5.92 Å². The minimum Gasteiger partial charge on any atom is -0.381 e. The number of hydrogen-bond donors (Lipinski definition) is 0. The van der Waals surface area contributed by atoms with E-state index in [1.807, 2.05) is 20.2 Å². The summed E-state index contributed by atoms with van der Waals surface area (Å²) in [5.74, 6) is 1.47. The van der Waals surface area contributed by atoms with Crippen molar-refractivity contribution >= 4 is 11.2 Å². The van der Waals surface area contributed by atoms with E-state index in [1.165, 1.54) is 5.56 Å². The van der Waals surface area contributed by atoms with Crippen LogP contribution in [-0.2, 0) is 11.8 Å². The second-order valence-corrected chi connectivity index (χ2v) is 8.05. The summed E-state index contributed by atoms with van der Waals surface area (Å²) in [5.41, 5.74) is 6.01. The normalized spacial score (nSPS) is 16.2. The van der Waals surface area contributed by atoms with E-state index in [1.54, 1.807) is 4.68 Å². The van der Waals surface area contributed by atoms with E-state index >= 15 is 0 Å². The van der Waals surface area contributed by atoms with Crippen LogP contribution in [0, 0.1) is 19.8 Å². The van der Waals surface area contributed by atoms with Gasteiger partial charge >= 0.3 is 0 Å². The fourth-order valence-corrected chi connectivity index (χ4v) is 4.74. The van der Waals surface area contributed by atoms with Crippen molar-refractivity contribution in [1.29, 1.82) is 0 Å². The van der Waals surface area contributed by atoms with Gasteiger partial charge in [-0.3, -0.25) is 0 Å². The van der Waals surface area contributed by atoms with E-state index in [2.05, 4.69) is 58.2 Å². The van der Waals surface area contributed by atoms with Crippen LogP contribution in [-0.4, -0.2) is 42.7 Å². The van der Waals surface area contributed by atoms with Crippen molar-refractivity contribution in [3.8, 4) is 11.3 Å². The number of nitrogens with zero attached hydrogens (tertiary/aromatic N) is 6. The monoisotopic (exact) mass is 402 g/mol. The number of rotatable bonds is 4. The lowest BCUT2D eigenvalue weighted by Crippen LogP contribution is -2.27. The summed E-state index contributed by atoms with van der Waals surface area (Å²) < 4.78 is 9.84. The number of imidazole rings is 1. The average Bonchev–Trinajstić information content (AvgIpc) is 3.28. The molecular weight excluding hydrogens is 376 g/mol. The minimum atomic E-state index is 0.197. The Balaban J connectivity index is 1.70. The maximum absolute atomic E-state index is 5.66. The Kier molecular flexibility index (Phi) is 4.83. The average molecular weight is 403 g/mol. The predicted molar refractivity (Wildman–Crippen MR) is 115 cm³/mol. The van der Waals surface area contributed by atoms with Crippen LogP contribution in [0.1, 0.15) is 36.0 Å². The van der Waals surface area contributed by atoms with Crippen LogP contribution in [0.5, 0.6) is 0 Å². The van der Waals surface area contributed by atoms with Crippen molar-refractivity contribution in [2.75, 3.05) is 13.2 Å². The molecule has 0 spiro atoms. The van der Waals surface area contributed by atoms with Gasteiger partial charge in [0.15, 0.2) is 5.65 Å². The van der Waals surface area contributed by atoms with Crippen LogP contribution in [0.3, 0.4) is 0 Å². The Morgan fingerprint density at radius 2 is 1.87 bits per heavy atom. The van der Waals surface area contributed by atoms with Crippen LogP contribution >= 0.6 is 0 Å². The van der Waals surface area contributed by atoms with Crippen LogP contribution in [0.4, 0.5) is 0 Å². The Hall–Kier alpha value is -3.06. The zero-order valence-corrected chi connectivity index (χ0v) is 17.6. The lowest BCUT2D eigenvalue weighted by molar-refractivity contribution is 0.0545. The first kappa shape index (κ1) is 18.9. The summed E-state index contributed by atoms with van der Waals surface area (Å²) in [6.07, 6.45) is 3.95. The van der Waals surface area contributed by atoms with E-state index in [9.17, 15) is 0 Å². The maximum Gasteiger partial charge on any atom is 0.177 e. The third-order valence-corrected chi connectivity index (χ3v) is 6.12. The van der Waals surface area contributed by atoms with Gasteiger partial charge in [0.25, 0.3) is 0 Å². The van der Waals surface area contributed by atoms with Crippen LogP contribution in [0.25, 0.3) is 22.4 Å². The molecule has 0 unspecified atom stereocenters. The number of fused-ring (bicyclic) bond motifs is 1. The Bertz CT molecular complexity index is 1150. The molecule has 30 heavy (non-hydrogen) atoms. The molecule has 7 nitrogen and oxygen atoms in total.